The van der Waals surface area contributed by atoms with Gasteiger partial charge in [-0.15, -0.1) is 0 Å². The lowest BCUT2D eigenvalue weighted by Gasteiger charge is -2.39. The molecule has 1 unspecified atom stereocenters. The number of benzene rings is 3. The van der Waals surface area contributed by atoms with Crippen molar-refractivity contribution in [2.75, 3.05) is 0 Å². The molecular weight excluding hydrogens is 342 g/mol. The van der Waals surface area contributed by atoms with Gasteiger partial charge < -0.3 is 5.32 Å². The SMILES string of the molecule is C=C(C)C(=O)NC1(C2CCCC2)c2ccccc2-c2ccc3ccccc3c21. The zero-order chi connectivity index (χ0) is 19.3. The average molecular weight is 367 g/mol. The van der Waals surface area contributed by atoms with Crippen molar-refractivity contribution in [3.05, 3.63) is 83.9 Å². The normalized spacial score (nSPS) is 20.8. The Kier molecular flexibility index (Phi) is 3.90. The van der Waals surface area contributed by atoms with Gasteiger partial charge in [0.1, 0.15) is 0 Å². The van der Waals surface area contributed by atoms with Crippen molar-refractivity contribution < 1.29 is 4.79 Å². The van der Waals surface area contributed by atoms with Gasteiger partial charge in [-0.3, -0.25) is 4.79 Å². The molecule has 2 nitrogen and oxygen atoms in total. The Balaban J connectivity index is 1.89. The molecule has 28 heavy (non-hydrogen) atoms. The molecule has 1 amide bonds. The molecule has 1 N–H and O–H groups in total. The summed E-state index contributed by atoms with van der Waals surface area (Å²) in [4.78, 5) is 13.0. The summed E-state index contributed by atoms with van der Waals surface area (Å²) in [6.07, 6.45) is 4.70. The van der Waals surface area contributed by atoms with Gasteiger partial charge in [-0.05, 0) is 58.7 Å². The molecule has 0 aromatic heterocycles. The molecule has 2 aliphatic rings. The number of hydrogen-bond donors (Lipinski definition) is 1. The maximum absolute atomic E-state index is 13.0. The van der Waals surface area contributed by atoms with Crippen LogP contribution in [0.1, 0.15) is 43.7 Å². The molecule has 2 aliphatic carbocycles. The fourth-order valence-corrected chi connectivity index (χ4v) is 5.42. The molecule has 0 radical (unpaired) electrons. The molecular formula is C26H25NO. The quantitative estimate of drug-likeness (QED) is 0.570. The third-order valence-electron chi connectivity index (χ3n) is 6.63. The fourth-order valence-electron chi connectivity index (χ4n) is 5.42. The van der Waals surface area contributed by atoms with Crippen LogP contribution < -0.4 is 5.32 Å². The highest BCUT2D eigenvalue weighted by molar-refractivity contribution is 6.00. The van der Waals surface area contributed by atoms with Crippen LogP contribution in [-0.2, 0) is 10.3 Å². The number of rotatable bonds is 3. The van der Waals surface area contributed by atoms with Gasteiger partial charge in [-0.1, -0.05) is 80.1 Å². The minimum absolute atomic E-state index is 0.0533. The monoisotopic (exact) mass is 367 g/mol. The smallest absolute Gasteiger partial charge is 0.247 e. The van der Waals surface area contributed by atoms with Crippen molar-refractivity contribution in [2.24, 2.45) is 5.92 Å². The Hall–Kier alpha value is -2.87. The Morgan fingerprint density at radius 3 is 2.46 bits per heavy atom. The van der Waals surface area contributed by atoms with Gasteiger partial charge in [0, 0.05) is 5.57 Å². The number of carbonyl (C=O) groups is 1. The second-order valence-electron chi connectivity index (χ2n) is 8.28. The number of carbonyl (C=O) groups excluding carboxylic acids is 1. The fraction of sp³-hybridized carbons (Fsp3) is 0.269. The van der Waals surface area contributed by atoms with Crippen molar-refractivity contribution >= 4 is 16.7 Å². The molecule has 3 aromatic carbocycles. The van der Waals surface area contributed by atoms with Gasteiger partial charge in [-0.25, -0.2) is 0 Å². The van der Waals surface area contributed by atoms with Crippen molar-refractivity contribution in [1.29, 1.82) is 0 Å². The van der Waals surface area contributed by atoms with E-state index in [2.05, 4.69) is 72.6 Å². The van der Waals surface area contributed by atoms with Gasteiger partial charge in [0.2, 0.25) is 5.91 Å². The summed E-state index contributed by atoms with van der Waals surface area (Å²) in [5.74, 6) is 0.339. The van der Waals surface area contributed by atoms with Crippen LogP contribution in [0.15, 0.2) is 72.8 Å². The van der Waals surface area contributed by atoms with Gasteiger partial charge in [0.15, 0.2) is 0 Å². The first-order valence-electron chi connectivity index (χ1n) is 10.2. The van der Waals surface area contributed by atoms with Crippen molar-refractivity contribution in [2.45, 2.75) is 38.1 Å². The van der Waals surface area contributed by atoms with E-state index in [4.69, 9.17) is 0 Å². The van der Waals surface area contributed by atoms with E-state index in [1.807, 2.05) is 0 Å². The predicted octanol–water partition coefficient (Wildman–Crippen LogP) is 5.95. The minimum Gasteiger partial charge on any atom is -0.338 e. The Morgan fingerprint density at radius 2 is 1.68 bits per heavy atom. The summed E-state index contributed by atoms with van der Waals surface area (Å²) in [5, 5.41) is 5.96. The number of fused-ring (bicyclic) bond motifs is 5. The first-order chi connectivity index (χ1) is 13.6. The number of nitrogens with one attached hydrogen (secondary N) is 1. The largest absolute Gasteiger partial charge is 0.338 e. The Morgan fingerprint density at radius 1 is 0.964 bits per heavy atom. The van der Waals surface area contributed by atoms with E-state index in [1.54, 1.807) is 6.92 Å². The van der Waals surface area contributed by atoms with Crippen molar-refractivity contribution in [1.82, 2.24) is 5.32 Å². The molecule has 3 aromatic rings. The topological polar surface area (TPSA) is 29.1 Å². The Bertz CT molecular complexity index is 1110. The van der Waals surface area contributed by atoms with Crippen molar-refractivity contribution in [3.8, 4) is 11.1 Å². The molecule has 0 aliphatic heterocycles. The summed E-state index contributed by atoms with van der Waals surface area (Å²) in [7, 11) is 0. The van der Waals surface area contributed by atoms with Crippen LogP contribution in [0.4, 0.5) is 0 Å². The van der Waals surface area contributed by atoms with Crippen LogP contribution in [0.25, 0.3) is 21.9 Å². The van der Waals surface area contributed by atoms with Crippen LogP contribution in [0.5, 0.6) is 0 Å². The van der Waals surface area contributed by atoms with Crippen LogP contribution >= 0.6 is 0 Å². The average Bonchev–Trinajstić information content (AvgIpc) is 3.34. The summed E-state index contributed by atoms with van der Waals surface area (Å²) in [6.45, 7) is 5.71. The van der Waals surface area contributed by atoms with E-state index in [-0.39, 0.29) is 5.91 Å². The molecule has 140 valence electrons. The van der Waals surface area contributed by atoms with Gasteiger partial charge in [0.25, 0.3) is 0 Å². The highest BCUT2D eigenvalue weighted by Gasteiger charge is 2.51. The van der Waals surface area contributed by atoms with Gasteiger partial charge in [-0.2, -0.15) is 0 Å². The molecule has 0 spiro atoms. The van der Waals surface area contributed by atoms with Crippen LogP contribution in [0.3, 0.4) is 0 Å². The molecule has 2 heteroatoms. The highest BCUT2D eigenvalue weighted by atomic mass is 16.1. The van der Waals surface area contributed by atoms with E-state index in [0.717, 1.165) is 12.8 Å². The standard InChI is InChI=1S/C26H25NO/c1-17(2)25(28)27-26(19-10-4-5-11-19)23-14-8-7-13-21(23)22-16-15-18-9-3-6-12-20(18)24(22)26/h3,6-9,12-16,19H,1,4-5,10-11H2,2H3,(H,27,28). The number of hydrogen-bond acceptors (Lipinski definition) is 1. The van der Waals surface area contributed by atoms with Crippen LogP contribution in [0, 0.1) is 5.92 Å². The van der Waals surface area contributed by atoms with Gasteiger partial charge in [0.05, 0.1) is 5.54 Å². The third kappa shape index (κ3) is 2.30. The molecule has 1 fully saturated rings. The zero-order valence-corrected chi connectivity index (χ0v) is 16.3. The summed E-state index contributed by atoms with van der Waals surface area (Å²) < 4.78 is 0. The molecule has 0 bridgehead atoms. The van der Waals surface area contributed by atoms with Crippen LogP contribution in [0.2, 0.25) is 0 Å². The van der Waals surface area contributed by atoms with E-state index in [9.17, 15) is 4.79 Å². The van der Waals surface area contributed by atoms with Gasteiger partial charge >= 0.3 is 0 Å². The zero-order valence-electron chi connectivity index (χ0n) is 16.3. The lowest BCUT2D eigenvalue weighted by molar-refractivity contribution is -0.119. The number of amides is 1. The highest BCUT2D eigenvalue weighted by Crippen LogP contribution is 2.56. The summed E-state index contributed by atoms with van der Waals surface area (Å²) >= 11 is 0. The van der Waals surface area contributed by atoms with Crippen molar-refractivity contribution in [3.63, 3.8) is 0 Å². The van der Waals surface area contributed by atoms with E-state index < -0.39 is 5.54 Å². The summed E-state index contributed by atoms with van der Waals surface area (Å²) in [5.41, 5.74) is 5.08. The van der Waals surface area contributed by atoms with E-state index in [1.165, 1.54) is 45.9 Å². The van der Waals surface area contributed by atoms with Crippen LogP contribution in [-0.4, -0.2) is 5.91 Å². The first kappa shape index (κ1) is 17.2. The second-order valence-corrected chi connectivity index (χ2v) is 8.28. The lowest BCUT2D eigenvalue weighted by Crippen LogP contribution is -2.50. The molecule has 1 saturated carbocycles. The molecule has 0 saturated heterocycles. The molecule has 0 heterocycles. The minimum atomic E-state index is -0.487. The first-order valence-corrected chi connectivity index (χ1v) is 10.2. The molecule has 1 atom stereocenters. The maximum Gasteiger partial charge on any atom is 0.247 e. The second kappa shape index (κ2) is 6.34. The predicted molar refractivity (Wildman–Crippen MR) is 115 cm³/mol. The van der Waals surface area contributed by atoms with E-state index in [0.29, 0.717) is 11.5 Å². The lowest BCUT2D eigenvalue weighted by atomic mass is 9.73. The maximum atomic E-state index is 13.0. The summed E-state index contributed by atoms with van der Waals surface area (Å²) in [6, 6.07) is 21.6. The van der Waals surface area contributed by atoms with E-state index >= 15 is 0 Å². The molecule has 5 rings (SSSR count). The Labute approximate surface area is 166 Å². The third-order valence-corrected chi connectivity index (χ3v) is 6.63.